The summed E-state index contributed by atoms with van der Waals surface area (Å²) in [7, 11) is 0. The van der Waals surface area contributed by atoms with Gasteiger partial charge in [0.25, 0.3) is 5.91 Å². The van der Waals surface area contributed by atoms with Gasteiger partial charge in [-0.25, -0.2) is 0 Å². The molecule has 0 atom stereocenters. The summed E-state index contributed by atoms with van der Waals surface area (Å²) in [6, 6.07) is 13.1. The fraction of sp³-hybridized carbons (Fsp3) is 0.250. The van der Waals surface area contributed by atoms with Gasteiger partial charge in [-0.3, -0.25) is 4.79 Å². The van der Waals surface area contributed by atoms with Crippen molar-refractivity contribution in [3.63, 3.8) is 0 Å². The van der Waals surface area contributed by atoms with E-state index in [1.54, 1.807) is 18.2 Å². The first-order valence-corrected chi connectivity index (χ1v) is 8.48. The molecule has 134 valence electrons. The number of nitrogens with one attached hydrogen (secondary N) is 1. The van der Waals surface area contributed by atoms with Gasteiger partial charge in [0.1, 0.15) is 5.75 Å². The maximum Gasteiger partial charge on any atom is 0.251 e. The van der Waals surface area contributed by atoms with Crippen LogP contribution in [-0.2, 0) is 6.54 Å². The maximum atomic E-state index is 12.3. The summed E-state index contributed by atoms with van der Waals surface area (Å²) in [5.74, 6) is 1.46. The van der Waals surface area contributed by atoms with Crippen molar-refractivity contribution in [2.75, 3.05) is 6.61 Å². The largest absolute Gasteiger partial charge is 0.494 e. The number of amides is 1. The van der Waals surface area contributed by atoms with Crippen LogP contribution in [0, 0.1) is 13.8 Å². The second-order valence-corrected chi connectivity index (χ2v) is 5.92. The van der Waals surface area contributed by atoms with Crippen LogP contribution < -0.4 is 10.1 Å². The summed E-state index contributed by atoms with van der Waals surface area (Å²) in [5.41, 5.74) is 3.45. The quantitative estimate of drug-likeness (QED) is 0.733. The molecule has 26 heavy (non-hydrogen) atoms. The number of carbonyl (C=O) groups excluding carboxylic acids is 1. The molecule has 6 nitrogen and oxygen atoms in total. The molecule has 0 saturated heterocycles. The van der Waals surface area contributed by atoms with Gasteiger partial charge in [-0.2, -0.15) is 4.98 Å². The lowest BCUT2D eigenvalue weighted by molar-refractivity contribution is 0.0946. The molecule has 1 heterocycles. The number of aryl methyl sites for hydroxylation is 2. The SMILES string of the molecule is CCOc1ccc(C(=O)NCc2nc(-c3ccccc3C)no2)cc1C. The molecule has 6 heteroatoms. The highest BCUT2D eigenvalue weighted by atomic mass is 16.5. The van der Waals surface area contributed by atoms with E-state index in [-0.39, 0.29) is 12.5 Å². The molecular weight excluding hydrogens is 330 g/mol. The molecule has 3 aromatic rings. The van der Waals surface area contributed by atoms with Crippen molar-refractivity contribution in [2.24, 2.45) is 0 Å². The molecule has 0 unspecified atom stereocenters. The summed E-state index contributed by atoms with van der Waals surface area (Å²) < 4.78 is 10.7. The van der Waals surface area contributed by atoms with E-state index in [9.17, 15) is 4.79 Å². The lowest BCUT2D eigenvalue weighted by Crippen LogP contribution is -2.23. The topological polar surface area (TPSA) is 77.2 Å². The van der Waals surface area contributed by atoms with Crippen LogP contribution in [0.5, 0.6) is 5.75 Å². The van der Waals surface area contributed by atoms with Gasteiger partial charge in [0.2, 0.25) is 11.7 Å². The maximum absolute atomic E-state index is 12.3. The molecular formula is C20H21N3O3. The first-order chi connectivity index (χ1) is 12.6. The highest BCUT2D eigenvalue weighted by molar-refractivity contribution is 5.94. The third-order valence-corrected chi connectivity index (χ3v) is 3.99. The van der Waals surface area contributed by atoms with Crippen molar-refractivity contribution in [2.45, 2.75) is 27.3 Å². The fourth-order valence-electron chi connectivity index (χ4n) is 2.63. The highest BCUT2D eigenvalue weighted by Gasteiger charge is 2.13. The molecule has 0 saturated carbocycles. The Hall–Kier alpha value is -3.15. The summed E-state index contributed by atoms with van der Waals surface area (Å²) in [6.45, 7) is 6.59. The van der Waals surface area contributed by atoms with Gasteiger partial charge in [0.05, 0.1) is 13.2 Å². The molecule has 0 fully saturated rings. The normalized spacial score (nSPS) is 10.6. The van der Waals surface area contributed by atoms with Gasteiger partial charge < -0.3 is 14.6 Å². The Morgan fingerprint density at radius 1 is 1.15 bits per heavy atom. The van der Waals surface area contributed by atoms with Gasteiger partial charge in [-0.05, 0) is 50.1 Å². The molecule has 3 rings (SSSR count). The molecule has 0 radical (unpaired) electrons. The predicted octanol–water partition coefficient (Wildman–Crippen LogP) is 3.68. The Labute approximate surface area is 152 Å². The lowest BCUT2D eigenvalue weighted by Gasteiger charge is -2.09. The van der Waals surface area contributed by atoms with Crippen LogP contribution in [-0.4, -0.2) is 22.7 Å². The second kappa shape index (κ2) is 7.82. The number of aromatic nitrogens is 2. The summed E-state index contributed by atoms with van der Waals surface area (Å²) in [6.07, 6.45) is 0. The number of hydrogen-bond acceptors (Lipinski definition) is 5. The van der Waals surface area contributed by atoms with E-state index in [2.05, 4.69) is 15.5 Å². The molecule has 0 bridgehead atoms. The van der Waals surface area contributed by atoms with Crippen LogP contribution in [0.4, 0.5) is 0 Å². The summed E-state index contributed by atoms with van der Waals surface area (Å²) >= 11 is 0. The number of benzene rings is 2. The molecule has 1 amide bonds. The average Bonchev–Trinajstić information content (AvgIpc) is 3.10. The molecule has 0 aliphatic heterocycles. The first-order valence-electron chi connectivity index (χ1n) is 8.48. The van der Waals surface area contributed by atoms with E-state index in [4.69, 9.17) is 9.26 Å². The van der Waals surface area contributed by atoms with Crippen molar-refractivity contribution < 1.29 is 14.1 Å². The van der Waals surface area contributed by atoms with Crippen LogP contribution in [0.1, 0.15) is 34.3 Å². The minimum atomic E-state index is -0.202. The van der Waals surface area contributed by atoms with Crippen molar-refractivity contribution in [3.05, 3.63) is 65.0 Å². The lowest BCUT2D eigenvalue weighted by atomic mass is 10.1. The van der Waals surface area contributed by atoms with Crippen LogP contribution in [0.2, 0.25) is 0 Å². The average molecular weight is 351 g/mol. The Bertz CT molecular complexity index is 918. The Morgan fingerprint density at radius 2 is 1.96 bits per heavy atom. The smallest absolute Gasteiger partial charge is 0.251 e. The van der Waals surface area contributed by atoms with Gasteiger partial charge in [-0.1, -0.05) is 29.4 Å². The van der Waals surface area contributed by atoms with E-state index in [0.29, 0.717) is 23.9 Å². The van der Waals surface area contributed by atoms with Gasteiger partial charge in [-0.15, -0.1) is 0 Å². The Morgan fingerprint density at radius 3 is 2.69 bits per heavy atom. The predicted molar refractivity (Wildman–Crippen MR) is 98.0 cm³/mol. The van der Waals surface area contributed by atoms with Crippen molar-refractivity contribution >= 4 is 5.91 Å². The minimum Gasteiger partial charge on any atom is -0.494 e. The van der Waals surface area contributed by atoms with Crippen LogP contribution in [0.3, 0.4) is 0 Å². The zero-order chi connectivity index (χ0) is 18.5. The van der Waals surface area contributed by atoms with Gasteiger partial charge >= 0.3 is 0 Å². The van der Waals surface area contributed by atoms with E-state index in [0.717, 1.165) is 22.4 Å². The highest BCUT2D eigenvalue weighted by Crippen LogP contribution is 2.20. The molecule has 0 spiro atoms. The number of nitrogens with zero attached hydrogens (tertiary/aromatic N) is 2. The van der Waals surface area contributed by atoms with Gasteiger partial charge in [0.15, 0.2) is 0 Å². The van der Waals surface area contributed by atoms with E-state index in [1.807, 2.05) is 45.0 Å². The monoisotopic (exact) mass is 351 g/mol. The zero-order valence-electron chi connectivity index (χ0n) is 15.1. The number of hydrogen-bond donors (Lipinski definition) is 1. The number of carbonyl (C=O) groups is 1. The summed E-state index contributed by atoms with van der Waals surface area (Å²) in [5, 5.41) is 6.79. The first kappa shape index (κ1) is 17.7. The number of rotatable bonds is 6. The third kappa shape index (κ3) is 3.91. The number of ether oxygens (including phenoxy) is 1. The van der Waals surface area contributed by atoms with Crippen molar-refractivity contribution in [1.29, 1.82) is 0 Å². The van der Waals surface area contributed by atoms with E-state index >= 15 is 0 Å². The zero-order valence-corrected chi connectivity index (χ0v) is 15.1. The van der Waals surface area contributed by atoms with Crippen LogP contribution in [0.25, 0.3) is 11.4 Å². The molecule has 1 N–H and O–H groups in total. The Balaban J connectivity index is 1.65. The van der Waals surface area contributed by atoms with E-state index < -0.39 is 0 Å². The van der Waals surface area contributed by atoms with Gasteiger partial charge in [0, 0.05) is 11.1 Å². The minimum absolute atomic E-state index is 0.171. The fourth-order valence-corrected chi connectivity index (χ4v) is 2.63. The Kier molecular flexibility index (Phi) is 5.31. The second-order valence-electron chi connectivity index (χ2n) is 5.92. The van der Waals surface area contributed by atoms with Crippen molar-refractivity contribution in [3.8, 4) is 17.1 Å². The van der Waals surface area contributed by atoms with E-state index in [1.165, 1.54) is 0 Å². The van der Waals surface area contributed by atoms with Crippen LogP contribution in [0.15, 0.2) is 47.0 Å². The molecule has 2 aromatic carbocycles. The van der Waals surface area contributed by atoms with Crippen molar-refractivity contribution in [1.82, 2.24) is 15.5 Å². The standard InChI is InChI=1S/C20H21N3O3/c1-4-25-17-10-9-15(11-14(17)3)20(24)21-12-18-22-19(23-26-18)16-8-6-5-7-13(16)2/h5-11H,4,12H2,1-3H3,(H,21,24). The molecule has 0 aliphatic rings. The molecule has 0 aliphatic carbocycles. The summed E-state index contributed by atoms with van der Waals surface area (Å²) in [4.78, 5) is 16.7. The molecule has 1 aromatic heterocycles. The van der Waals surface area contributed by atoms with Crippen LogP contribution >= 0.6 is 0 Å². The third-order valence-electron chi connectivity index (χ3n) is 3.99.